The minimum atomic E-state index is 0.0605. The molecule has 1 saturated carbocycles. The molecule has 0 unspecified atom stereocenters. The first kappa shape index (κ1) is 14.9. The molecule has 0 spiro atoms. The molecule has 1 aromatic rings. The van der Waals surface area contributed by atoms with Gasteiger partial charge in [-0.2, -0.15) is 0 Å². The summed E-state index contributed by atoms with van der Waals surface area (Å²) in [5.74, 6) is 1.69. The van der Waals surface area contributed by atoms with Gasteiger partial charge in [0.05, 0.1) is 5.56 Å². The van der Waals surface area contributed by atoms with Gasteiger partial charge in [-0.1, -0.05) is 31.9 Å². The number of hydrogen-bond donors (Lipinski definition) is 1. The van der Waals surface area contributed by atoms with Crippen molar-refractivity contribution in [2.24, 2.45) is 11.8 Å². The number of benzene rings is 1. The van der Waals surface area contributed by atoms with Gasteiger partial charge in [0.25, 0.3) is 5.91 Å². The molecule has 1 N–H and O–H groups in total. The number of para-hydroxylation sites is 1. The second-order valence-electron chi connectivity index (χ2n) is 6.25. The summed E-state index contributed by atoms with van der Waals surface area (Å²) in [6.07, 6.45) is 5.28. The Labute approximate surface area is 122 Å². The summed E-state index contributed by atoms with van der Waals surface area (Å²) < 4.78 is 0. The van der Waals surface area contributed by atoms with Crippen LogP contribution in [0, 0.1) is 11.8 Å². The van der Waals surface area contributed by atoms with E-state index >= 15 is 0 Å². The molecule has 110 valence electrons. The van der Waals surface area contributed by atoms with Crippen molar-refractivity contribution in [2.75, 3.05) is 26.0 Å². The number of anilines is 1. The van der Waals surface area contributed by atoms with Crippen molar-refractivity contribution >= 4 is 11.6 Å². The summed E-state index contributed by atoms with van der Waals surface area (Å²) in [4.78, 5) is 13.8. The van der Waals surface area contributed by atoms with E-state index in [2.05, 4.69) is 12.2 Å². The Kier molecular flexibility index (Phi) is 5.05. The predicted octanol–water partition coefficient (Wildman–Crippen LogP) is 3.63. The number of carbonyl (C=O) groups is 1. The molecule has 1 amide bonds. The van der Waals surface area contributed by atoms with Gasteiger partial charge in [0, 0.05) is 26.3 Å². The maximum absolute atomic E-state index is 12.1. The Balaban J connectivity index is 1.97. The Morgan fingerprint density at radius 3 is 2.50 bits per heavy atom. The Morgan fingerprint density at radius 2 is 1.85 bits per heavy atom. The highest BCUT2D eigenvalue weighted by Gasteiger charge is 2.19. The lowest BCUT2D eigenvalue weighted by Gasteiger charge is -2.27. The molecule has 0 heterocycles. The van der Waals surface area contributed by atoms with E-state index < -0.39 is 0 Å². The smallest absolute Gasteiger partial charge is 0.255 e. The summed E-state index contributed by atoms with van der Waals surface area (Å²) in [6.45, 7) is 3.32. The molecule has 2 rings (SSSR count). The maximum Gasteiger partial charge on any atom is 0.255 e. The average Bonchev–Trinajstić information content (AvgIpc) is 2.46. The second-order valence-corrected chi connectivity index (χ2v) is 6.25. The van der Waals surface area contributed by atoms with E-state index in [1.54, 1.807) is 19.0 Å². The summed E-state index contributed by atoms with van der Waals surface area (Å²) in [6, 6.07) is 7.80. The molecule has 1 fully saturated rings. The van der Waals surface area contributed by atoms with E-state index in [0.717, 1.165) is 29.6 Å². The van der Waals surface area contributed by atoms with Gasteiger partial charge in [-0.25, -0.2) is 0 Å². The molecule has 0 bridgehead atoms. The van der Waals surface area contributed by atoms with E-state index in [1.807, 2.05) is 24.3 Å². The van der Waals surface area contributed by atoms with Crippen LogP contribution in [0.1, 0.15) is 43.0 Å². The number of rotatable bonds is 4. The van der Waals surface area contributed by atoms with Gasteiger partial charge in [-0.3, -0.25) is 4.79 Å². The average molecular weight is 274 g/mol. The number of nitrogens with one attached hydrogen (secondary N) is 1. The fourth-order valence-electron chi connectivity index (χ4n) is 2.85. The Morgan fingerprint density at radius 1 is 1.20 bits per heavy atom. The lowest BCUT2D eigenvalue weighted by Crippen LogP contribution is -2.24. The van der Waals surface area contributed by atoms with E-state index in [4.69, 9.17) is 0 Å². The van der Waals surface area contributed by atoms with E-state index in [-0.39, 0.29) is 5.91 Å². The number of carbonyl (C=O) groups excluding carboxylic acids is 1. The lowest BCUT2D eigenvalue weighted by atomic mass is 9.83. The zero-order valence-electron chi connectivity index (χ0n) is 12.9. The molecule has 0 aliphatic heterocycles. The Bertz CT molecular complexity index is 448. The molecule has 0 radical (unpaired) electrons. The van der Waals surface area contributed by atoms with Crippen molar-refractivity contribution in [3.8, 4) is 0 Å². The fraction of sp³-hybridized carbons (Fsp3) is 0.588. The van der Waals surface area contributed by atoms with E-state index in [1.165, 1.54) is 25.7 Å². The molecule has 3 heteroatoms. The van der Waals surface area contributed by atoms with E-state index in [0.29, 0.717) is 0 Å². The third-order valence-electron chi connectivity index (χ3n) is 4.28. The summed E-state index contributed by atoms with van der Waals surface area (Å²) in [5.41, 5.74) is 1.73. The molecule has 1 aromatic carbocycles. The monoisotopic (exact) mass is 274 g/mol. The highest BCUT2D eigenvalue weighted by atomic mass is 16.2. The molecule has 3 nitrogen and oxygen atoms in total. The van der Waals surface area contributed by atoms with Crippen molar-refractivity contribution in [1.29, 1.82) is 0 Å². The highest BCUT2D eigenvalue weighted by molar-refractivity contribution is 5.99. The molecule has 0 atom stereocenters. The molecule has 0 saturated heterocycles. The van der Waals surface area contributed by atoms with Crippen LogP contribution in [0.2, 0.25) is 0 Å². The predicted molar refractivity (Wildman–Crippen MR) is 84.1 cm³/mol. The fourth-order valence-corrected chi connectivity index (χ4v) is 2.85. The van der Waals surface area contributed by atoms with Crippen molar-refractivity contribution in [2.45, 2.75) is 32.6 Å². The van der Waals surface area contributed by atoms with Crippen LogP contribution in [0.5, 0.6) is 0 Å². The third kappa shape index (κ3) is 3.75. The van der Waals surface area contributed by atoms with Gasteiger partial charge in [0.2, 0.25) is 0 Å². The van der Waals surface area contributed by atoms with Crippen molar-refractivity contribution in [3.63, 3.8) is 0 Å². The quantitative estimate of drug-likeness (QED) is 0.909. The topological polar surface area (TPSA) is 32.3 Å². The lowest BCUT2D eigenvalue weighted by molar-refractivity contribution is 0.0828. The van der Waals surface area contributed by atoms with Crippen LogP contribution in [0.15, 0.2) is 24.3 Å². The van der Waals surface area contributed by atoms with Crippen LogP contribution in [0.3, 0.4) is 0 Å². The minimum Gasteiger partial charge on any atom is -0.384 e. The van der Waals surface area contributed by atoms with Gasteiger partial charge in [-0.05, 0) is 36.8 Å². The van der Waals surface area contributed by atoms with Gasteiger partial charge < -0.3 is 10.2 Å². The molecular formula is C17H26N2O. The number of amides is 1. The Hall–Kier alpha value is -1.51. The van der Waals surface area contributed by atoms with Crippen LogP contribution in [-0.4, -0.2) is 31.4 Å². The molecule has 1 aliphatic carbocycles. The normalized spacial score (nSPS) is 22.4. The van der Waals surface area contributed by atoms with Gasteiger partial charge in [0.1, 0.15) is 0 Å². The molecule has 1 aliphatic rings. The first-order chi connectivity index (χ1) is 9.58. The minimum absolute atomic E-state index is 0.0605. The summed E-state index contributed by atoms with van der Waals surface area (Å²) in [5, 5.41) is 3.49. The summed E-state index contributed by atoms with van der Waals surface area (Å²) >= 11 is 0. The first-order valence-electron chi connectivity index (χ1n) is 7.62. The second kappa shape index (κ2) is 6.78. The highest BCUT2D eigenvalue weighted by Crippen LogP contribution is 2.28. The van der Waals surface area contributed by atoms with Crippen molar-refractivity contribution in [1.82, 2.24) is 4.90 Å². The standard InChI is InChI=1S/C17H26N2O/c1-13-8-10-14(11-9-13)12-18-16-7-5-4-6-15(16)17(20)19(2)3/h4-7,13-14,18H,8-12H2,1-3H3. The van der Waals surface area contributed by atoms with Gasteiger partial charge in [-0.15, -0.1) is 0 Å². The molecule has 20 heavy (non-hydrogen) atoms. The van der Waals surface area contributed by atoms with Crippen molar-refractivity contribution in [3.05, 3.63) is 29.8 Å². The maximum atomic E-state index is 12.1. The number of hydrogen-bond acceptors (Lipinski definition) is 2. The van der Waals surface area contributed by atoms with Crippen LogP contribution < -0.4 is 5.32 Å². The molecule has 0 aromatic heterocycles. The van der Waals surface area contributed by atoms with Crippen LogP contribution in [0.4, 0.5) is 5.69 Å². The zero-order chi connectivity index (χ0) is 14.5. The zero-order valence-corrected chi connectivity index (χ0v) is 12.9. The summed E-state index contributed by atoms with van der Waals surface area (Å²) in [7, 11) is 3.59. The van der Waals surface area contributed by atoms with Crippen molar-refractivity contribution < 1.29 is 4.79 Å². The third-order valence-corrected chi connectivity index (χ3v) is 4.28. The largest absolute Gasteiger partial charge is 0.384 e. The van der Waals surface area contributed by atoms with Gasteiger partial charge >= 0.3 is 0 Å². The molecular weight excluding hydrogens is 248 g/mol. The number of nitrogens with zero attached hydrogens (tertiary/aromatic N) is 1. The van der Waals surface area contributed by atoms with Gasteiger partial charge in [0.15, 0.2) is 0 Å². The SMILES string of the molecule is CC1CCC(CNc2ccccc2C(=O)N(C)C)CC1. The van der Waals surface area contributed by atoms with Crippen LogP contribution in [0.25, 0.3) is 0 Å². The van der Waals surface area contributed by atoms with E-state index in [9.17, 15) is 4.79 Å². The first-order valence-corrected chi connectivity index (χ1v) is 7.62. The van der Waals surface area contributed by atoms with Crippen LogP contribution >= 0.6 is 0 Å². The van der Waals surface area contributed by atoms with Crippen LogP contribution in [-0.2, 0) is 0 Å².